The van der Waals surface area contributed by atoms with Crippen molar-refractivity contribution in [1.82, 2.24) is 4.31 Å². The lowest BCUT2D eigenvalue weighted by Crippen LogP contribution is -2.34. The summed E-state index contributed by atoms with van der Waals surface area (Å²) in [6, 6.07) is 0. The standard InChI is InChI=1S/C8H17NO4S/c1-12-8-13-7-9-5-3-2-4-6-14(9,10)11/h2-8H2,1H3. The summed E-state index contributed by atoms with van der Waals surface area (Å²) in [4.78, 5) is 0. The molecule has 6 heteroatoms. The first kappa shape index (κ1) is 11.9. The molecule has 0 atom stereocenters. The van der Waals surface area contributed by atoms with Crippen molar-refractivity contribution in [2.45, 2.75) is 19.3 Å². The third kappa shape index (κ3) is 3.53. The van der Waals surface area contributed by atoms with E-state index in [1.807, 2.05) is 0 Å². The van der Waals surface area contributed by atoms with Gasteiger partial charge in [-0.1, -0.05) is 6.42 Å². The molecule has 1 fully saturated rings. The van der Waals surface area contributed by atoms with E-state index in [2.05, 4.69) is 4.74 Å². The molecular weight excluding hydrogens is 206 g/mol. The van der Waals surface area contributed by atoms with Crippen LogP contribution in [0.4, 0.5) is 0 Å². The van der Waals surface area contributed by atoms with Crippen LogP contribution in [-0.2, 0) is 19.5 Å². The molecule has 0 aromatic heterocycles. The zero-order chi connectivity index (χ0) is 10.4. The number of rotatable bonds is 4. The zero-order valence-corrected chi connectivity index (χ0v) is 9.25. The molecule has 0 amide bonds. The minimum Gasteiger partial charge on any atom is -0.359 e. The van der Waals surface area contributed by atoms with Gasteiger partial charge in [-0.25, -0.2) is 8.42 Å². The minimum absolute atomic E-state index is 0.107. The van der Waals surface area contributed by atoms with E-state index in [9.17, 15) is 8.42 Å². The van der Waals surface area contributed by atoms with Gasteiger partial charge in [0, 0.05) is 13.7 Å². The third-order valence-electron chi connectivity index (χ3n) is 2.14. The molecule has 0 unspecified atom stereocenters. The van der Waals surface area contributed by atoms with Gasteiger partial charge in [0.15, 0.2) is 0 Å². The van der Waals surface area contributed by atoms with E-state index in [0.717, 1.165) is 19.3 Å². The monoisotopic (exact) mass is 223 g/mol. The van der Waals surface area contributed by atoms with Crippen molar-refractivity contribution < 1.29 is 17.9 Å². The van der Waals surface area contributed by atoms with Crippen LogP contribution in [0.5, 0.6) is 0 Å². The lowest BCUT2D eigenvalue weighted by molar-refractivity contribution is -0.0555. The van der Waals surface area contributed by atoms with Gasteiger partial charge in [0.2, 0.25) is 10.0 Å². The maximum absolute atomic E-state index is 11.6. The van der Waals surface area contributed by atoms with E-state index in [0.29, 0.717) is 6.54 Å². The van der Waals surface area contributed by atoms with E-state index >= 15 is 0 Å². The first-order chi connectivity index (χ1) is 6.67. The van der Waals surface area contributed by atoms with Crippen LogP contribution >= 0.6 is 0 Å². The highest BCUT2D eigenvalue weighted by Gasteiger charge is 2.23. The Morgan fingerprint density at radius 2 is 2.07 bits per heavy atom. The summed E-state index contributed by atoms with van der Waals surface area (Å²) < 4.78 is 34.3. The van der Waals surface area contributed by atoms with Crippen LogP contribution in [0.15, 0.2) is 0 Å². The van der Waals surface area contributed by atoms with E-state index < -0.39 is 10.0 Å². The van der Waals surface area contributed by atoms with Crippen molar-refractivity contribution in [3.05, 3.63) is 0 Å². The molecule has 0 saturated carbocycles. The lowest BCUT2D eigenvalue weighted by atomic mass is 10.2. The average Bonchev–Trinajstić information content (AvgIpc) is 2.29. The van der Waals surface area contributed by atoms with E-state index in [4.69, 9.17) is 4.74 Å². The van der Waals surface area contributed by atoms with Gasteiger partial charge in [-0.3, -0.25) is 0 Å². The van der Waals surface area contributed by atoms with Crippen LogP contribution in [0, 0.1) is 0 Å². The molecule has 0 aromatic carbocycles. The van der Waals surface area contributed by atoms with Crippen LogP contribution in [-0.4, -0.2) is 45.7 Å². The van der Waals surface area contributed by atoms with Crippen molar-refractivity contribution in [2.24, 2.45) is 0 Å². The lowest BCUT2D eigenvalue weighted by Gasteiger charge is -2.18. The maximum Gasteiger partial charge on any atom is 0.216 e. The second kappa shape index (κ2) is 5.65. The summed E-state index contributed by atoms with van der Waals surface area (Å²) in [5.74, 6) is 0.239. The van der Waals surface area contributed by atoms with Crippen LogP contribution in [0.3, 0.4) is 0 Å². The molecule has 1 aliphatic heterocycles. The quantitative estimate of drug-likeness (QED) is 0.511. The molecule has 1 rings (SSSR count). The predicted octanol–water partition coefficient (Wildman–Crippen LogP) is 0.380. The van der Waals surface area contributed by atoms with E-state index in [-0.39, 0.29) is 19.3 Å². The van der Waals surface area contributed by atoms with Crippen molar-refractivity contribution in [3.63, 3.8) is 0 Å². The summed E-state index contributed by atoms with van der Waals surface area (Å²) >= 11 is 0. The molecule has 0 spiro atoms. The van der Waals surface area contributed by atoms with Crippen molar-refractivity contribution in [1.29, 1.82) is 0 Å². The highest BCUT2D eigenvalue weighted by Crippen LogP contribution is 2.13. The van der Waals surface area contributed by atoms with Gasteiger partial charge in [-0.15, -0.1) is 0 Å². The number of nitrogens with zero attached hydrogens (tertiary/aromatic N) is 1. The Hall–Kier alpha value is -0.170. The van der Waals surface area contributed by atoms with Crippen molar-refractivity contribution in [2.75, 3.05) is 32.9 Å². The molecule has 0 radical (unpaired) electrons. The summed E-state index contributed by atoms with van der Waals surface area (Å²) in [7, 11) is -1.58. The molecule has 0 N–H and O–H groups in total. The van der Waals surface area contributed by atoms with E-state index in [1.54, 1.807) is 0 Å². The SMILES string of the molecule is COCOCN1CCCCCS1(=O)=O. The fraction of sp³-hybridized carbons (Fsp3) is 1.00. The highest BCUT2D eigenvalue weighted by atomic mass is 32.2. The predicted molar refractivity (Wildman–Crippen MR) is 52.2 cm³/mol. The van der Waals surface area contributed by atoms with Crippen LogP contribution in [0.1, 0.15) is 19.3 Å². The average molecular weight is 223 g/mol. The zero-order valence-electron chi connectivity index (χ0n) is 8.44. The Labute approximate surface area is 85.0 Å². The fourth-order valence-corrected chi connectivity index (χ4v) is 2.85. The summed E-state index contributed by atoms with van der Waals surface area (Å²) in [6.07, 6.45) is 2.64. The van der Waals surface area contributed by atoms with Gasteiger partial charge < -0.3 is 9.47 Å². The normalized spacial score (nSPS) is 23.2. The largest absolute Gasteiger partial charge is 0.359 e. The number of methoxy groups -OCH3 is 1. The summed E-state index contributed by atoms with van der Waals surface area (Å²) in [5, 5.41) is 0. The molecule has 0 aromatic rings. The molecule has 84 valence electrons. The number of sulfonamides is 1. The van der Waals surface area contributed by atoms with Gasteiger partial charge in [-0.05, 0) is 12.8 Å². The molecule has 1 heterocycles. The molecule has 1 aliphatic rings. The molecule has 1 saturated heterocycles. The number of hydrogen-bond acceptors (Lipinski definition) is 4. The highest BCUT2D eigenvalue weighted by molar-refractivity contribution is 7.89. The Kier molecular flexibility index (Phi) is 4.80. The molecule has 0 aliphatic carbocycles. The Morgan fingerprint density at radius 1 is 1.29 bits per heavy atom. The Bertz CT molecular complexity index is 252. The summed E-state index contributed by atoms with van der Waals surface area (Å²) in [6.45, 7) is 0.800. The summed E-state index contributed by atoms with van der Waals surface area (Å²) in [5.41, 5.74) is 0. The van der Waals surface area contributed by atoms with Gasteiger partial charge >= 0.3 is 0 Å². The van der Waals surface area contributed by atoms with Gasteiger partial charge in [0.1, 0.15) is 13.5 Å². The van der Waals surface area contributed by atoms with Crippen LogP contribution < -0.4 is 0 Å². The van der Waals surface area contributed by atoms with Crippen LogP contribution in [0.2, 0.25) is 0 Å². The Balaban J connectivity index is 2.46. The first-order valence-electron chi connectivity index (χ1n) is 4.71. The maximum atomic E-state index is 11.6. The number of ether oxygens (including phenoxy) is 2. The number of hydrogen-bond donors (Lipinski definition) is 0. The first-order valence-corrected chi connectivity index (χ1v) is 6.32. The van der Waals surface area contributed by atoms with Crippen LogP contribution in [0.25, 0.3) is 0 Å². The smallest absolute Gasteiger partial charge is 0.216 e. The fourth-order valence-electron chi connectivity index (χ4n) is 1.38. The topological polar surface area (TPSA) is 55.8 Å². The van der Waals surface area contributed by atoms with E-state index in [1.165, 1.54) is 11.4 Å². The second-order valence-electron chi connectivity index (χ2n) is 3.29. The Morgan fingerprint density at radius 3 is 2.79 bits per heavy atom. The molecule has 0 bridgehead atoms. The van der Waals surface area contributed by atoms with Crippen molar-refractivity contribution >= 4 is 10.0 Å². The van der Waals surface area contributed by atoms with Gasteiger partial charge in [0.25, 0.3) is 0 Å². The molecule has 14 heavy (non-hydrogen) atoms. The second-order valence-corrected chi connectivity index (χ2v) is 5.38. The van der Waals surface area contributed by atoms with Crippen molar-refractivity contribution in [3.8, 4) is 0 Å². The molecular formula is C8H17NO4S. The van der Waals surface area contributed by atoms with Gasteiger partial charge in [-0.2, -0.15) is 4.31 Å². The third-order valence-corrected chi connectivity index (χ3v) is 4.02. The minimum atomic E-state index is -3.09. The van der Waals surface area contributed by atoms with Gasteiger partial charge in [0.05, 0.1) is 5.75 Å². The molecule has 5 nitrogen and oxygen atoms in total.